The summed E-state index contributed by atoms with van der Waals surface area (Å²) in [6, 6.07) is 10.7. The molecule has 1 unspecified atom stereocenters. The highest BCUT2D eigenvalue weighted by molar-refractivity contribution is 9.10. The van der Waals surface area contributed by atoms with Crippen molar-refractivity contribution in [3.8, 4) is 0 Å². The number of nitrogens with one attached hydrogen (secondary N) is 1. The first-order chi connectivity index (χ1) is 9.15. The van der Waals surface area contributed by atoms with Gasteiger partial charge in [0, 0.05) is 19.2 Å². The minimum atomic E-state index is 0.177. The van der Waals surface area contributed by atoms with Gasteiger partial charge in [-0.05, 0) is 42.8 Å². The smallest absolute Gasteiger partial charge is 0.0685 e. The van der Waals surface area contributed by atoms with Crippen LogP contribution in [0.25, 0.3) is 0 Å². The number of hydrogen-bond donors (Lipinski definition) is 1. The van der Waals surface area contributed by atoms with Gasteiger partial charge in [-0.25, -0.2) is 0 Å². The van der Waals surface area contributed by atoms with Crippen LogP contribution in [-0.2, 0) is 6.42 Å². The van der Waals surface area contributed by atoms with Crippen molar-refractivity contribution in [2.45, 2.75) is 26.3 Å². The Kier molecular flexibility index (Phi) is 5.46. The first kappa shape index (κ1) is 15.0. The van der Waals surface area contributed by atoms with E-state index in [-0.39, 0.29) is 6.04 Å². The van der Waals surface area contributed by atoms with E-state index in [0.717, 1.165) is 28.0 Å². The summed E-state index contributed by atoms with van der Waals surface area (Å²) in [4.78, 5) is 2.73. The summed E-state index contributed by atoms with van der Waals surface area (Å²) in [5.41, 5.74) is 1.14. The molecule has 0 aliphatic rings. The van der Waals surface area contributed by atoms with Gasteiger partial charge in [0.2, 0.25) is 0 Å². The van der Waals surface area contributed by atoms with Gasteiger partial charge in [-0.2, -0.15) is 0 Å². The molecule has 0 spiro atoms. The lowest BCUT2D eigenvalue weighted by molar-refractivity contribution is 0.640. The topological polar surface area (TPSA) is 12.0 Å². The average Bonchev–Trinajstić information content (AvgIpc) is 2.85. The number of thiophene rings is 1. The molecule has 1 N–H and O–H groups in total. The Bertz CT molecular complexity index is 553. The van der Waals surface area contributed by atoms with Crippen molar-refractivity contribution in [3.05, 3.63) is 55.1 Å². The molecule has 0 saturated heterocycles. The normalized spacial score (nSPS) is 12.6. The fourth-order valence-corrected chi connectivity index (χ4v) is 3.87. The van der Waals surface area contributed by atoms with Crippen molar-refractivity contribution in [1.82, 2.24) is 5.32 Å². The Morgan fingerprint density at radius 1 is 1.26 bits per heavy atom. The van der Waals surface area contributed by atoms with Gasteiger partial charge in [-0.1, -0.05) is 47.4 Å². The van der Waals surface area contributed by atoms with Crippen LogP contribution in [0.5, 0.6) is 0 Å². The zero-order chi connectivity index (χ0) is 13.8. The van der Waals surface area contributed by atoms with Crippen LogP contribution >= 0.6 is 38.9 Å². The van der Waals surface area contributed by atoms with Crippen LogP contribution < -0.4 is 5.32 Å². The molecule has 0 aliphatic carbocycles. The minimum absolute atomic E-state index is 0.177. The van der Waals surface area contributed by atoms with Crippen molar-refractivity contribution in [2.75, 3.05) is 6.54 Å². The highest BCUT2D eigenvalue weighted by Crippen LogP contribution is 2.34. The average molecular weight is 359 g/mol. The number of halogens is 2. The number of rotatable bonds is 5. The Hall–Kier alpha value is -0.350. The zero-order valence-corrected chi connectivity index (χ0v) is 14.2. The molecule has 1 heterocycles. The first-order valence-corrected chi connectivity index (χ1v) is 8.41. The monoisotopic (exact) mass is 357 g/mol. The molecule has 0 saturated carbocycles. The van der Waals surface area contributed by atoms with E-state index in [1.165, 1.54) is 9.75 Å². The fourth-order valence-electron chi connectivity index (χ4n) is 2.04. The summed E-state index contributed by atoms with van der Waals surface area (Å²) >= 11 is 11.7. The van der Waals surface area contributed by atoms with Gasteiger partial charge in [-0.3, -0.25) is 0 Å². The molecule has 1 atom stereocenters. The molecule has 102 valence electrons. The summed E-state index contributed by atoms with van der Waals surface area (Å²) < 4.78 is 1.01. The molecular weight excluding hydrogens is 342 g/mol. The van der Waals surface area contributed by atoms with E-state index in [4.69, 9.17) is 11.6 Å². The van der Waals surface area contributed by atoms with Gasteiger partial charge in [-0.15, -0.1) is 11.3 Å². The van der Waals surface area contributed by atoms with Crippen molar-refractivity contribution in [3.63, 3.8) is 0 Å². The third kappa shape index (κ3) is 3.60. The third-order valence-electron chi connectivity index (χ3n) is 3.00. The SMILES string of the molecule is CCNC(c1ccc(CC)s1)c1ccc(Br)cc1Cl. The molecule has 0 aliphatic heterocycles. The van der Waals surface area contributed by atoms with Gasteiger partial charge in [0.15, 0.2) is 0 Å². The maximum atomic E-state index is 6.39. The molecule has 0 radical (unpaired) electrons. The van der Waals surface area contributed by atoms with Gasteiger partial charge < -0.3 is 5.32 Å². The second-order valence-corrected chi connectivity index (χ2v) is 6.84. The molecule has 1 aromatic heterocycles. The summed E-state index contributed by atoms with van der Waals surface area (Å²) in [7, 11) is 0. The Labute approximate surface area is 132 Å². The van der Waals surface area contributed by atoms with Gasteiger partial charge in [0.25, 0.3) is 0 Å². The molecule has 0 amide bonds. The third-order valence-corrected chi connectivity index (χ3v) is 5.11. The van der Waals surface area contributed by atoms with Crippen LogP contribution in [0.1, 0.15) is 35.2 Å². The maximum Gasteiger partial charge on any atom is 0.0685 e. The zero-order valence-electron chi connectivity index (χ0n) is 11.0. The van der Waals surface area contributed by atoms with E-state index in [9.17, 15) is 0 Å². The van der Waals surface area contributed by atoms with Crippen LogP contribution in [0.15, 0.2) is 34.8 Å². The first-order valence-electron chi connectivity index (χ1n) is 6.42. The van der Waals surface area contributed by atoms with E-state index in [1.807, 2.05) is 23.5 Å². The van der Waals surface area contributed by atoms with E-state index >= 15 is 0 Å². The van der Waals surface area contributed by atoms with Crippen LogP contribution in [-0.4, -0.2) is 6.54 Å². The molecule has 4 heteroatoms. The van der Waals surface area contributed by atoms with Gasteiger partial charge in [0.1, 0.15) is 0 Å². The molecule has 2 aromatic rings. The predicted octanol–water partition coefficient (Wildman–Crippen LogP) is 5.43. The summed E-state index contributed by atoms with van der Waals surface area (Å²) in [5.74, 6) is 0. The molecule has 0 bridgehead atoms. The number of benzene rings is 1. The molecule has 1 nitrogen and oxygen atoms in total. The van der Waals surface area contributed by atoms with Crippen LogP contribution in [0.3, 0.4) is 0 Å². The molecule has 0 fully saturated rings. The Morgan fingerprint density at radius 3 is 2.63 bits per heavy atom. The number of hydrogen-bond acceptors (Lipinski definition) is 2. The Morgan fingerprint density at radius 2 is 2.05 bits per heavy atom. The lowest BCUT2D eigenvalue weighted by atomic mass is 10.1. The molecule has 1 aromatic carbocycles. The van der Waals surface area contributed by atoms with E-state index < -0.39 is 0 Å². The summed E-state index contributed by atoms with van der Waals surface area (Å²) in [6.45, 7) is 5.22. The second kappa shape index (κ2) is 6.89. The van der Waals surface area contributed by atoms with Crippen molar-refractivity contribution in [1.29, 1.82) is 0 Å². The standard InChI is InChI=1S/C15H17BrClNS/c1-3-11-6-8-14(19-11)15(18-4-2)12-7-5-10(16)9-13(12)17/h5-9,15,18H,3-4H2,1-2H3. The van der Waals surface area contributed by atoms with Crippen LogP contribution in [0.4, 0.5) is 0 Å². The lowest BCUT2D eigenvalue weighted by Gasteiger charge is -2.18. The minimum Gasteiger partial charge on any atom is -0.306 e. The quantitative estimate of drug-likeness (QED) is 0.752. The predicted molar refractivity (Wildman–Crippen MR) is 88.4 cm³/mol. The van der Waals surface area contributed by atoms with Gasteiger partial charge in [0.05, 0.1) is 6.04 Å². The largest absolute Gasteiger partial charge is 0.306 e. The fraction of sp³-hybridized carbons (Fsp3) is 0.333. The lowest BCUT2D eigenvalue weighted by Crippen LogP contribution is -2.21. The van der Waals surface area contributed by atoms with E-state index in [2.05, 4.69) is 53.3 Å². The second-order valence-electron chi connectivity index (χ2n) is 4.31. The van der Waals surface area contributed by atoms with Crippen molar-refractivity contribution < 1.29 is 0 Å². The number of aryl methyl sites for hydroxylation is 1. The van der Waals surface area contributed by atoms with Crippen LogP contribution in [0.2, 0.25) is 5.02 Å². The summed E-state index contributed by atoms with van der Waals surface area (Å²) in [6.07, 6.45) is 1.08. The Balaban J connectivity index is 2.38. The maximum absolute atomic E-state index is 6.39. The highest BCUT2D eigenvalue weighted by Gasteiger charge is 2.18. The molecule has 19 heavy (non-hydrogen) atoms. The van der Waals surface area contributed by atoms with Crippen LogP contribution in [0, 0.1) is 0 Å². The van der Waals surface area contributed by atoms with E-state index in [0.29, 0.717) is 0 Å². The molecule has 2 rings (SSSR count). The van der Waals surface area contributed by atoms with E-state index in [1.54, 1.807) is 0 Å². The van der Waals surface area contributed by atoms with Gasteiger partial charge >= 0.3 is 0 Å². The van der Waals surface area contributed by atoms with Crippen molar-refractivity contribution >= 4 is 38.9 Å². The molecular formula is C15H17BrClNS. The van der Waals surface area contributed by atoms with Crippen molar-refractivity contribution in [2.24, 2.45) is 0 Å². The summed E-state index contributed by atoms with van der Waals surface area (Å²) in [5, 5.41) is 4.32. The highest BCUT2D eigenvalue weighted by atomic mass is 79.9.